The summed E-state index contributed by atoms with van der Waals surface area (Å²) in [5.41, 5.74) is 1.28. The normalized spacial score (nSPS) is 23.8. The SMILES string of the molecule is CCNC(=NCC1CCN(C)C1)NC1CCN(c2ccccc2Br)C1.I. The lowest BCUT2D eigenvalue weighted by atomic mass is 10.1. The highest BCUT2D eigenvalue weighted by Gasteiger charge is 2.25. The molecule has 0 amide bonds. The molecule has 0 spiro atoms. The van der Waals surface area contributed by atoms with Gasteiger partial charge in [0, 0.05) is 43.2 Å². The van der Waals surface area contributed by atoms with E-state index < -0.39 is 0 Å². The Balaban J connectivity index is 0.00000243. The smallest absolute Gasteiger partial charge is 0.191 e. The van der Waals surface area contributed by atoms with Gasteiger partial charge in [-0.1, -0.05) is 12.1 Å². The van der Waals surface area contributed by atoms with Crippen LogP contribution < -0.4 is 15.5 Å². The molecule has 2 heterocycles. The van der Waals surface area contributed by atoms with E-state index in [1.165, 1.54) is 29.7 Å². The molecule has 2 atom stereocenters. The molecule has 5 nitrogen and oxygen atoms in total. The Morgan fingerprint density at radius 1 is 1.23 bits per heavy atom. The lowest BCUT2D eigenvalue weighted by molar-refractivity contribution is 0.397. The summed E-state index contributed by atoms with van der Waals surface area (Å²) in [4.78, 5) is 9.69. The maximum absolute atomic E-state index is 4.85. The second-order valence-electron chi connectivity index (χ2n) is 7.16. The Morgan fingerprint density at radius 2 is 2.04 bits per heavy atom. The summed E-state index contributed by atoms with van der Waals surface area (Å²) in [5.74, 6) is 1.66. The molecule has 0 bridgehead atoms. The van der Waals surface area contributed by atoms with E-state index in [1.54, 1.807) is 0 Å². The molecule has 1 aromatic rings. The topological polar surface area (TPSA) is 42.9 Å². The summed E-state index contributed by atoms with van der Waals surface area (Å²) in [5, 5.41) is 7.05. The minimum absolute atomic E-state index is 0. The van der Waals surface area contributed by atoms with Crippen LogP contribution in [-0.4, -0.2) is 63.2 Å². The highest BCUT2D eigenvalue weighted by Crippen LogP contribution is 2.28. The maximum Gasteiger partial charge on any atom is 0.191 e. The van der Waals surface area contributed by atoms with Crippen molar-refractivity contribution in [3.05, 3.63) is 28.7 Å². The van der Waals surface area contributed by atoms with Gasteiger partial charge in [0.25, 0.3) is 0 Å². The van der Waals surface area contributed by atoms with Crippen LogP contribution in [0.25, 0.3) is 0 Å². The summed E-state index contributed by atoms with van der Waals surface area (Å²) in [7, 11) is 2.20. The number of likely N-dealkylation sites (tertiary alicyclic amines) is 1. The van der Waals surface area contributed by atoms with Crippen molar-refractivity contribution in [1.82, 2.24) is 15.5 Å². The lowest BCUT2D eigenvalue weighted by Crippen LogP contribution is -2.45. The predicted molar refractivity (Wildman–Crippen MR) is 125 cm³/mol. The van der Waals surface area contributed by atoms with E-state index in [1.807, 2.05) is 0 Å². The Hall–Kier alpha value is -0.540. The zero-order valence-corrected chi connectivity index (χ0v) is 19.7. The molecule has 1 aromatic carbocycles. The molecule has 2 aliphatic heterocycles. The van der Waals surface area contributed by atoms with Gasteiger partial charge < -0.3 is 20.4 Å². The van der Waals surface area contributed by atoms with Crippen LogP contribution in [0.5, 0.6) is 0 Å². The zero-order chi connectivity index (χ0) is 17.6. The van der Waals surface area contributed by atoms with Crippen molar-refractivity contribution in [3.63, 3.8) is 0 Å². The molecule has 0 radical (unpaired) electrons. The zero-order valence-electron chi connectivity index (χ0n) is 15.7. The summed E-state index contributed by atoms with van der Waals surface area (Å²) in [6, 6.07) is 8.90. The fourth-order valence-electron chi connectivity index (χ4n) is 3.71. The number of rotatable bonds is 5. The number of anilines is 1. The minimum Gasteiger partial charge on any atom is -0.368 e. The average molecular weight is 536 g/mol. The standard InChI is InChI=1S/C19H30BrN5.HI/c1-3-21-19(22-12-15-8-10-24(2)13-15)23-16-9-11-25(14-16)18-7-5-4-6-17(18)20;/h4-7,15-16H,3,8-14H2,1-2H3,(H2,21,22,23);1H. The molecule has 0 saturated carbocycles. The number of hydrogen-bond donors (Lipinski definition) is 2. The van der Waals surface area contributed by atoms with Crippen LogP contribution in [0.1, 0.15) is 19.8 Å². The Kier molecular flexibility index (Phi) is 8.96. The number of para-hydroxylation sites is 1. The molecule has 26 heavy (non-hydrogen) atoms. The number of halogens is 2. The van der Waals surface area contributed by atoms with Crippen molar-refractivity contribution < 1.29 is 0 Å². The number of nitrogens with one attached hydrogen (secondary N) is 2. The third-order valence-corrected chi connectivity index (χ3v) is 5.73. The van der Waals surface area contributed by atoms with Gasteiger partial charge in [-0.25, -0.2) is 0 Å². The van der Waals surface area contributed by atoms with Crippen LogP contribution in [0, 0.1) is 5.92 Å². The van der Waals surface area contributed by atoms with Crippen molar-refractivity contribution in [2.45, 2.75) is 25.8 Å². The molecule has 3 rings (SSSR count). The first-order valence-electron chi connectivity index (χ1n) is 9.38. The van der Waals surface area contributed by atoms with Crippen LogP contribution in [0.15, 0.2) is 33.7 Å². The third-order valence-electron chi connectivity index (χ3n) is 5.06. The van der Waals surface area contributed by atoms with Crippen LogP contribution in [0.3, 0.4) is 0 Å². The van der Waals surface area contributed by atoms with Gasteiger partial charge in [0.05, 0.1) is 5.69 Å². The number of nitrogens with zero attached hydrogens (tertiary/aromatic N) is 3. The first-order valence-corrected chi connectivity index (χ1v) is 10.2. The van der Waals surface area contributed by atoms with Crippen LogP contribution in [-0.2, 0) is 0 Å². The molecule has 2 aliphatic rings. The predicted octanol–water partition coefficient (Wildman–Crippen LogP) is 3.15. The van der Waals surface area contributed by atoms with Gasteiger partial charge in [0.2, 0.25) is 0 Å². The fraction of sp³-hybridized carbons (Fsp3) is 0.632. The van der Waals surface area contributed by atoms with E-state index in [0.29, 0.717) is 12.0 Å². The van der Waals surface area contributed by atoms with Crippen molar-refractivity contribution >= 4 is 51.6 Å². The van der Waals surface area contributed by atoms with Gasteiger partial charge >= 0.3 is 0 Å². The van der Waals surface area contributed by atoms with Gasteiger partial charge in [-0.15, -0.1) is 24.0 Å². The van der Waals surface area contributed by atoms with E-state index >= 15 is 0 Å². The molecule has 2 N–H and O–H groups in total. The van der Waals surface area contributed by atoms with Crippen LogP contribution >= 0.6 is 39.9 Å². The highest BCUT2D eigenvalue weighted by atomic mass is 127. The molecule has 0 aliphatic carbocycles. The second kappa shape index (κ2) is 10.7. The van der Waals surface area contributed by atoms with E-state index in [2.05, 4.69) is 74.6 Å². The monoisotopic (exact) mass is 535 g/mol. The fourth-order valence-corrected chi connectivity index (χ4v) is 4.25. The summed E-state index contributed by atoms with van der Waals surface area (Å²) in [6.45, 7) is 8.40. The first kappa shape index (κ1) is 21.8. The molecule has 0 aromatic heterocycles. The van der Waals surface area contributed by atoms with Gasteiger partial charge in [-0.2, -0.15) is 0 Å². The Morgan fingerprint density at radius 3 is 2.73 bits per heavy atom. The van der Waals surface area contributed by atoms with E-state index in [4.69, 9.17) is 4.99 Å². The molecular weight excluding hydrogens is 505 g/mol. The summed E-state index contributed by atoms with van der Waals surface area (Å²) in [6.07, 6.45) is 2.40. The van der Waals surface area contributed by atoms with Crippen molar-refractivity contribution in [3.8, 4) is 0 Å². The van der Waals surface area contributed by atoms with Gasteiger partial charge in [-0.05, 0) is 67.3 Å². The molecule has 2 fully saturated rings. The quantitative estimate of drug-likeness (QED) is 0.345. The van der Waals surface area contributed by atoms with Crippen LogP contribution in [0.2, 0.25) is 0 Å². The largest absolute Gasteiger partial charge is 0.368 e. The number of hydrogen-bond acceptors (Lipinski definition) is 3. The molecule has 2 unspecified atom stereocenters. The number of benzene rings is 1. The number of aliphatic imine (C=N–C) groups is 1. The Bertz CT molecular complexity index is 597. The molecular formula is C19H31BrIN5. The van der Waals surface area contributed by atoms with E-state index in [0.717, 1.165) is 38.6 Å². The highest BCUT2D eigenvalue weighted by molar-refractivity contribution is 14.0. The summed E-state index contributed by atoms with van der Waals surface area (Å²) >= 11 is 3.67. The minimum atomic E-state index is 0. The third kappa shape index (κ3) is 5.99. The average Bonchev–Trinajstić information content (AvgIpc) is 3.22. The second-order valence-corrected chi connectivity index (χ2v) is 8.02. The van der Waals surface area contributed by atoms with Crippen molar-refractivity contribution in [1.29, 1.82) is 0 Å². The maximum atomic E-state index is 4.85. The summed E-state index contributed by atoms with van der Waals surface area (Å²) < 4.78 is 1.17. The molecule has 2 saturated heterocycles. The van der Waals surface area contributed by atoms with Crippen molar-refractivity contribution in [2.75, 3.05) is 51.2 Å². The van der Waals surface area contributed by atoms with Gasteiger partial charge in [0.15, 0.2) is 5.96 Å². The number of guanidine groups is 1. The molecule has 146 valence electrons. The van der Waals surface area contributed by atoms with Gasteiger partial charge in [-0.3, -0.25) is 4.99 Å². The van der Waals surface area contributed by atoms with E-state index in [9.17, 15) is 0 Å². The molecule has 7 heteroatoms. The van der Waals surface area contributed by atoms with Gasteiger partial charge in [0.1, 0.15) is 0 Å². The van der Waals surface area contributed by atoms with Crippen molar-refractivity contribution in [2.24, 2.45) is 10.9 Å². The van der Waals surface area contributed by atoms with E-state index in [-0.39, 0.29) is 24.0 Å². The first-order chi connectivity index (χ1) is 12.2. The van der Waals surface area contributed by atoms with Crippen LogP contribution in [0.4, 0.5) is 5.69 Å². The Labute approximate surface area is 183 Å². The lowest BCUT2D eigenvalue weighted by Gasteiger charge is -2.21.